The van der Waals surface area contributed by atoms with Crippen molar-refractivity contribution in [1.82, 2.24) is 79.0 Å². The first-order valence-electron chi connectivity index (χ1n) is 35.0. The van der Waals surface area contributed by atoms with Gasteiger partial charge >= 0.3 is 0 Å². The number of nitrogens with zero attached hydrogens (tertiary/aromatic N) is 19. The van der Waals surface area contributed by atoms with Crippen LogP contribution in [-0.4, -0.2) is 155 Å². The van der Waals surface area contributed by atoms with Crippen molar-refractivity contribution in [2.24, 2.45) is 11.8 Å². The minimum Gasteiger partial charge on any atom is -0.373 e. The standard InChI is InChI=1S/C29H31N7.C27H27N7.C23H24FN7/c1-2-3-11-31-16-22-10-12-34(17-22)26-8-9-27-25(13-26)19-35-18-24(23-6-4-21(15-30)5-7-23)14-28(35)29-33-32-20-36(27)29;1-18-30-31-27-26-12-22(21-5-3-19(13-28)4-6-21)16-33(26)17-23-11-24(7-8-25(23)34(18)27)32-10-9-20(15-32)14-29-2;1-28(2)10-11-29(3)20-8-9-21-18(12-20)15-30-14-17(16-4-6-19(24)7-5-16)13-22(30)23-25-26-27-31(21)23/h4-9,13-14,18,20,22,31H,2-3,10-12,16-17,19H2,1H3;3-8,11-12,16,20,29H,9-10,14-15,17H2,1-2H3;4-9,12-14H,10-11,15H2,1-3H3. The van der Waals surface area contributed by atoms with Gasteiger partial charge in [0, 0.05) is 118 Å². The van der Waals surface area contributed by atoms with Crippen LogP contribution in [0.2, 0.25) is 0 Å². The summed E-state index contributed by atoms with van der Waals surface area (Å²) in [5, 5.41) is 55.4. The fourth-order valence-electron chi connectivity index (χ4n) is 14.8. The molecule has 0 amide bonds. The number of tetrazole rings is 1. The van der Waals surface area contributed by atoms with Crippen LogP contribution in [0.4, 0.5) is 21.5 Å². The molecule has 17 rings (SSSR count). The fourth-order valence-corrected chi connectivity index (χ4v) is 14.8. The lowest BCUT2D eigenvalue weighted by Gasteiger charge is -2.23. The molecule has 5 aliphatic heterocycles. The summed E-state index contributed by atoms with van der Waals surface area (Å²) in [6.45, 7) is 16.1. The maximum Gasteiger partial charge on any atom is 0.203 e. The summed E-state index contributed by atoms with van der Waals surface area (Å²) < 4.78 is 26.1. The highest BCUT2D eigenvalue weighted by Crippen LogP contribution is 2.40. The Morgan fingerprint density at radius 2 is 1.11 bits per heavy atom. The number of anilines is 3. The van der Waals surface area contributed by atoms with Gasteiger partial charge in [-0.1, -0.05) is 49.7 Å². The highest BCUT2D eigenvalue weighted by atomic mass is 19.1. The van der Waals surface area contributed by atoms with Gasteiger partial charge in [-0.2, -0.15) is 15.2 Å². The Morgan fingerprint density at radius 3 is 1.69 bits per heavy atom. The van der Waals surface area contributed by atoms with Gasteiger partial charge in [-0.25, -0.2) is 4.39 Å². The number of aryl methyl sites for hydroxylation is 1. The molecule has 22 heteroatoms. The normalized spacial score (nSPS) is 15.1. The van der Waals surface area contributed by atoms with Crippen molar-refractivity contribution in [3.8, 4) is 97.1 Å². The van der Waals surface area contributed by atoms with E-state index in [4.69, 9.17) is 10.5 Å². The molecule has 6 aromatic heterocycles. The summed E-state index contributed by atoms with van der Waals surface area (Å²) in [4.78, 5) is 9.47. The van der Waals surface area contributed by atoms with Gasteiger partial charge in [-0.3, -0.25) is 9.13 Å². The summed E-state index contributed by atoms with van der Waals surface area (Å²) in [5.74, 6) is 4.44. The molecule has 2 atom stereocenters. The van der Waals surface area contributed by atoms with Gasteiger partial charge in [-0.05, 0) is 232 Å². The molecular weight excluding hydrogens is 1260 g/mol. The van der Waals surface area contributed by atoms with Crippen molar-refractivity contribution in [3.63, 3.8) is 0 Å². The molecule has 0 aliphatic carbocycles. The second-order valence-electron chi connectivity index (χ2n) is 27.4. The monoisotopic (exact) mass is 1340 g/mol. The number of hydrogen-bond acceptors (Lipinski definition) is 15. The number of halogens is 1. The summed E-state index contributed by atoms with van der Waals surface area (Å²) in [5.41, 5.74) is 21.4. The van der Waals surface area contributed by atoms with Crippen molar-refractivity contribution in [1.29, 1.82) is 10.5 Å². The van der Waals surface area contributed by atoms with E-state index in [-0.39, 0.29) is 5.82 Å². The highest BCUT2D eigenvalue weighted by molar-refractivity contribution is 5.76. The molecule has 2 saturated heterocycles. The SMILES string of the molecule is CCCCNCC1CCN(c2ccc3c(c2)Cn2cc(-c4ccc(C#N)cc4)cc2-c2nncn2-3)C1.CN(C)CCN(C)c1ccc2c(c1)Cn1cc(-c3ccc(F)cc3)cc1-c1nnnn1-2.CNCC1CCN(c2ccc3c(c2)Cn2cc(-c4ccc(C#N)cc4)cc2-c2nnc(C)n2-3)C1. The van der Waals surface area contributed by atoms with Gasteiger partial charge in [0.25, 0.3) is 0 Å². The Morgan fingerprint density at radius 1 is 0.564 bits per heavy atom. The second kappa shape index (κ2) is 28.5. The van der Waals surface area contributed by atoms with Crippen LogP contribution in [0.25, 0.3) is 85.0 Å². The lowest BCUT2D eigenvalue weighted by atomic mass is 10.1. The van der Waals surface area contributed by atoms with E-state index in [1.807, 2.05) is 68.8 Å². The first kappa shape index (κ1) is 65.6. The number of hydrogen-bond donors (Lipinski definition) is 2. The summed E-state index contributed by atoms with van der Waals surface area (Å²) in [6.07, 6.45) is 13.2. The molecule has 12 aromatic rings. The van der Waals surface area contributed by atoms with Crippen LogP contribution in [0.1, 0.15) is 66.2 Å². The van der Waals surface area contributed by atoms with Crippen molar-refractivity contribution in [3.05, 3.63) is 210 Å². The number of rotatable bonds is 16. The molecule has 11 heterocycles. The van der Waals surface area contributed by atoms with Gasteiger partial charge in [0.2, 0.25) is 5.82 Å². The first-order valence-corrected chi connectivity index (χ1v) is 35.0. The maximum absolute atomic E-state index is 13.4. The highest BCUT2D eigenvalue weighted by Gasteiger charge is 2.30. The molecule has 0 spiro atoms. The largest absolute Gasteiger partial charge is 0.373 e. The Balaban J connectivity index is 0.000000123. The minimum absolute atomic E-state index is 0.242. The average Bonchev–Trinajstić information content (AvgIpc) is 1.62. The molecule has 510 valence electrons. The number of fused-ring (bicyclic) bond motifs is 15. The van der Waals surface area contributed by atoms with E-state index in [0.29, 0.717) is 35.3 Å². The van der Waals surface area contributed by atoms with Crippen LogP contribution in [0.3, 0.4) is 0 Å². The molecule has 5 aliphatic rings. The summed E-state index contributed by atoms with van der Waals surface area (Å²) in [6, 6.07) is 52.9. The Bertz CT molecular complexity index is 5030. The predicted molar refractivity (Wildman–Crippen MR) is 394 cm³/mol. The molecule has 6 aromatic carbocycles. The first-order chi connectivity index (χ1) is 49.4. The van der Waals surface area contributed by atoms with E-state index in [1.165, 1.54) is 60.3 Å². The number of unbranched alkanes of at least 4 members (excludes halogenated alkanes) is 1. The molecule has 0 bridgehead atoms. The van der Waals surface area contributed by atoms with E-state index >= 15 is 0 Å². The molecular formula is C79H82FN21. The van der Waals surface area contributed by atoms with E-state index in [2.05, 4.69) is 221 Å². The van der Waals surface area contributed by atoms with E-state index in [0.717, 1.165) is 168 Å². The molecule has 0 radical (unpaired) electrons. The molecule has 2 unspecified atom stereocenters. The summed E-state index contributed by atoms with van der Waals surface area (Å²) in [7, 11) is 8.30. The van der Waals surface area contributed by atoms with Gasteiger partial charge in [0.15, 0.2) is 11.6 Å². The molecule has 2 N–H and O–H groups in total. The van der Waals surface area contributed by atoms with E-state index in [1.54, 1.807) is 16.8 Å². The minimum atomic E-state index is -0.242. The molecule has 21 nitrogen and oxygen atoms in total. The lowest BCUT2D eigenvalue weighted by Crippen LogP contribution is -2.28. The van der Waals surface area contributed by atoms with Crippen molar-refractivity contribution in [2.75, 3.05) is 102 Å². The molecule has 101 heavy (non-hydrogen) atoms. The van der Waals surface area contributed by atoms with Crippen molar-refractivity contribution >= 4 is 17.1 Å². The fraction of sp³-hybridized carbons (Fsp3) is 0.304. The van der Waals surface area contributed by atoms with Crippen molar-refractivity contribution in [2.45, 2.75) is 59.2 Å². The average molecular weight is 1340 g/mol. The van der Waals surface area contributed by atoms with Gasteiger partial charge in [-0.15, -0.1) is 25.5 Å². The number of likely N-dealkylation sites (N-methyl/N-ethyl adjacent to an activating group) is 2. The van der Waals surface area contributed by atoms with Crippen LogP contribution < -0.4 is 25.3 Å². The third-order valence-electron chi connectivity index (χ3n) is 20.3. The van der Waals surface area contributed by atoms with Crippen molar-refractivity contribution < 1.29 is 4.39 Å². The number of benzene rings is 6. The smallest absolute Gasteiger partial charge is 0.203 e. The summed E-state index contributed by atoms with van der Waals surface area (Å²) >= 11 is 0. The Kier molecular flexibility index (Phi) is 18.5. The predicted octanol–water partition coefficient (Wildman–Crippen LogP) is 12.1. The lowest BCUT2D eigenvalue weighted by molar-refractivity contribution is 0.416. The zero-order chi connectivity index (χ0) is 69.3. The molecule has 0 saturated carbocycles. The van der Waals surface area contributed by atoms with E-state index in [9.17, 15) is 4.39 Å². The second-order valence-corrected chi connectivity index (χ2v) is 27.4. The number of nitriles is 2. The zero-order valence-electron chi connectivity index (χ0n) is 58.0. The number of aromatic nitrogens is 13. The van der Waals surface area contributed by atoms with Crippen LogP contribution >= 0.6 is 0 Å². The maximum atomic E-state index is 13.4. The van der Waals surface area contributed by atoms with E-state index < -0.39 is 0 Å². The van der Waals surface area contributed by atoms with Gasteiger partial charge in [0.05, 0.1) is 57.4 Å². The third-order valence-corrected chi connectivity index (χ3v) is 20.3. The van der Waals surface area contributed by atoms with Gasteiger partial charge in [0.1, 0.15) is 18.0 Å². The van der Waals surface area contributed by atoms with Crippen LogP contribution in [0.5, 0.6) is 0 Å². The van der Waals surface area contributed by atoms with Crippen LogP contribution in [0, 0.1) is 47.2 Å². The molecule has 2 fully saturated rings. The van der Waals surface area contributed by atoms with Gasteiger partial charge < -0.3 is 43.9 Å². The third kappa shape index (κ3) is 13.4. The topological polar surface area (TPSA) is 204 Å². The zero-order valence-corrected chi connectivity index (χ0v) is 58.0. The quantitative estimate of drug-likeness (QED) is 0.0864. The van der Waals surface area contributed by atoms with Crippen LogP contribution in [-0.2, 0) is 19.6 Å². The number of nitrogens with one attached hydrogen (secondary N) is 2. The Hall–Kier alpha value is -11.3. The Labute approximate surface area is 588 Å². The van der Waals surface area contributed by atoms with Crippen LogP contribution in [0.15, 0.2) is 171 Å².